The highest BCUT2D eigenvalue weighted by Gasteiger charge is 2.18. The van der Waals surface area contributed by atoms with Crippen LogP contribution in [0.5, 0.6) is 0 Å². The molecule has 0 fully saturated rings. The number of nitrogens with one attached hydrogen (secondary N) is 2. The molecule has 0 aromatic carbocycles. The lowest BCUT2D eigenvalue weighted by Crippen LogP contribution is -2.11. The van der Waals surface area contributed by atoms with Crippen molar-refractivity contribution in [2.24, 2.45) is 0 Å². The number of hydrogen-bond acceptors (Lipinski definition) is 6. The Labute approximate surface area is 146 Å². The van der Waals surface area contributed by atoms with Crippen LogP contribution in [0.25, 0.3) is 11.2 Å². The van der Waals surface area contributed by atoms with Crippen LogP contribution >= 0.6 is 0 Å². The molecular weight excluding hydrogens is 342 g/mol. The highest BCUT2D eigenvalue weighted by atomic mass is 19.1. The summed E-state index contributed by atoms with van der Waals surface area (Å²) in [5.41, 5.74) is 1.67. The van der Waals surface area contributed by atoms with Crippen LogP contribution in [-0.2, 0) is 0 Å². The van der Waals surface area contributed by atoms with Crippen molar-refractivity contribution in [1.29, 1.82) is 0 Å². The van der Waals surface area contributed by atoms with Crippen molar-refractivity contribution < 1.29 is 8.78 Å². The molecule has 0 saturated heterocycles. The second kappa shape index (κ2) is 6.14. The van der Waals surface area contributed by atoms with Crippen molar-refractivity contribution >= 4 is 22.8 Å². The van der Waals surface area contributed by atoms with Crippen molar-refractivity contribution in [2.45, 2.75) is 19.9 Å². The molecular formula is C16H14F2N8. The number of halogens is 2. The van der Waals surface area contributed by atoms with Crippen molar-refractivity contribution in [1.82, 2.24) is 34.7 Å². The fourth-order valence-electron chi connectivity index (χ4n) is 2.57. The van der Waals surface area contributed by atoms with E-state index in [4.69, 9.17) is 0 Å². The maximum Gasteiger partial charge on any atom is 0.170 e. The van der Waals surface area contributed by atoms with Gasteiger partial charge in [-0.25, -0.2) is 28.7 Å². The Morgan fingerprint density at radius 2 is 1.92 bits per heavy atom. The highest BCUT2D eigenvalue weighted by Crippen LogP contribution is 2.24. The van der Waals surface area contributed by atoms with Crippen molar-refractivity contribution in [3.63, 3.8) is 0 Å². The third kappa shape index (κ3) is 2.85. The van der Waals surface area contributed by atoms with Gasteiger partial charge in [-0.05, 0) is 13.8 Å². The number of H-pyrrole nitrogens is 1. The van der Waals surface area contributed by atoms with E-state index in [9.17, 15) is 8.78 Å². The summed E-state index contributed by atoms with van der Waals surface area (Å²) in [4.78, 5) is 16.5. The first-order valence-electron chi connectivity index (χ1n) is 7.81. The van der Waals surface area contributed by atoms with Crippen molar-refractivity contribution in [3.8, 4) is 0 Å². The van der Waals surface area contributed by atoms with Gasteiger partial charge < -0.3 is 9.88 Å². The molecule has 0 aliphatic heterocycles. The lowest BCUT2D eigenvalue weighted by molar-refractivity contribution is 0.576. The smallest absolute Gasteiger partial charge is 0.170 e. The van der Waals surface area contributed by atoms with E-state index in [2.05, 4.69) is 35.5 Å². The molecule has 1 atom stereocenters. The van der Waals surface area contributed by atoms with Gasteiger partial charge >= 0.3 is 0 Å². The summed E-state index contributed by atoms with van der Waals surface area (Å²) in [6.07, 6.45) is 3.72. The molecule has 0 saturated carbocycles. The van der Waals surface area contributed by atoms with E-state index < -0.39 is 11.6 Å². The summed E-state index contributed by atoms with van der Waals surface area (Å²) >= 11 is 0. The number of pyridine rings is 1. The van der Waals surface area contributed by atoms with E-state index >= 15 is 0 Å². The predicted octanol–water partition coefficient (Wildman–Crippen LogP) is 2.88. The number of imidazole rings is 1. The second-order valence-electron chi connectivity index (χ2n) is 5.81. The number of aromatic amines is 1. The van der Waals surface area contributed by atoms with Crippen LogP contribution in [0.4, 0.5) is 20.4 Å². The van der Waals surface area contributed by atoms with Crippen LogP contribution in [0.15, 0.2) is 30.9 Å². The maximum absolute atomic E-state index is 14.3. The van der Waals surface area contributed by atoms with Crippen LogP contribution in [0.2, 0.25) is 0 Å². The molecule has 4 heterocycles. The zero-order chi connectivity index (χ0) is 18.3. The third-order valence-corrected chi connectivity index (χ3v) is 3.89. The van der Waals surface area contributed by atoms with Gasteiger partial charge in [0, 0.05) is 17.8 Å². The molecule has 2 N–H and O–H groups in total. The van der Waals surface area contributed by atoms with Gasteiger partial charge in [-0.15, -0.1) is 0 Å². The summed E-state index contributed by atoms with van der Waals surface area (Å²) in [6, 6.07) is 2.66. The van der Waals surface area contributed by atoms with Gasteiger partial charge in [0.05, 0.1) is 24.8 Å². The SMILES string of the molecule is Cc1cc(Nc2nc3c(cc2F)ncn3[C@@H](C)c2ncc(F)cn2)n[nH]1. The van der Waals surface area contributed by atoms with Crippen LogP contribution < -0.4 is 5.32 Å². The minimum atomic E-state index is -0.547. The molecule has 26 heavy (non-hydrogen) atoms. The number of aromatic nitrogens is 7. The highest BCUT2D eigenvalue weighted by molar-refractivity contribution is 5.74. The Balaban J connectivity index is 1.74. The molecule has 0 bridgehead atoms. The molecule has 4 aromatic heterocycles. The maximum atomic E-state index is 14.3. The Hall–Kier alpha value is -3.43. The van der Waals surface area contributed by atoms with Gasteiger partial charge in [0.1, 0.15) is 5.52 Å². The Morgan fingerprint density at radius 1 is 1.15 bits per heavy atom. The molecule has 4 rings (SSSR count). The number of aryl methyl sites for hydroxylation is 1. The van der Waals surface area contributed by atoms with E-state index in [0.717, 1.165) is 18.1 Å². The molecule has 10 heteroatoms. The number of hydrogen-bond donors (Lipinski definition) is 2. The standard InChI is InChI=1S/C16H14F2N8/c1-8-3-13(25-24-8)22-15-11(18)4-12-16(23-15)26(7-21-12)9(2)14-19-5-10(17)6-20-14/h3-7,9H,1-2H3,(H2,22,23,24,25)/t9-/m0/s1. The van der Waals surface area contributed by atoms with Crippen LogP contribution in [0.1, 0.15) is 24.5 Å². The van der Waals surface area contributed by atoms with Crippen LogP contribution in [0.3, 0.4) is 0 Å². The molecule has 0 aliphatic rings. The number of nitrogens with zero attached hydrogens (tertiary/aromatic N) is 6. The molecule has 0 spiro atoms. The molecule has 4 aromatic rings. The van der Waals surface area contributed by atoms with E-state index in [1.165, 1.54) is 12.4 Å². The molecule has 0 unspecified atom stereocenters. The fraction of sp³-hybridized carbons (Fsp3) is 0.188. The zero-order valence-corrected chi connectivity index (χ0v) is 13.9. The summed E-state index contributed by atoms with van der Waals surface area (Å²) in [7, 11) is 0. The normalized spacial score (nSPS) is 12.5. The van der Waals surface area contributed by atoms with Gasteiger partial charge in [0.15, 0.2) is 34.7 Å². The van der Waals surface area contributed by atoms with Crippen LogP contribution in [-0.4, -0.2) is 34.7 Å². The van der Waals surface area contributed by atoms with E-state index in [-0.39, 0.29) is 11.9 Å². The van der Waals surface area contributed by atoms with E-state index in [1.807, 2.05) is 13.8 Å². The topological polar surface area (TPSA) is 97.2 Å². The zero-order valence-electron chi connectivity index (χ0n) is 13.9. The quantitative estimate of drug-likeness (QED) is 0.584. The van der Waals surface area contributed by atoms with Gasteiger partial charge in [-0.3, -0.25) is 5.10 Å². The first-order valence-corrected chi connectivity index (χ1v) is 7.81. The van der Waals surface area contributed by atoms with Gasteiger partial charge in [-0.1, -0.05) is 0 Å². The molecule has 0 amide bonds. The number of anilines is 2. The summed E-state index contributed by atoms with van der Waals surface area (Å²) in [5.74, 6) is -0.187. The first-order chi connectivity index (χ1) is 12.5. The minimum Gasteiger partial charge on any atom is -0.321 e. The lowest BCUT2D eigenvalue weighted by atomic mass is 10.3. The van der Waals surface area contributed by atoms with Gasteiger partial charge in [0.25, 0.3) is 0 Å². The molecule has 0 aliphatic carbocycles. The first kappa shape index (κ1) is 16.1. The lowest BCUT2D eigenvalue weighted by Gasteiger charge is -2.13. The van der Waals surface area contributed by atoms with E-state index in [0.29, 0.717) is 22.8 Å². The molecule has 8 nitrogen and oxygen atoms in total. The monoisotopic (exact) mass is 356 g/mol. The van der Waals surface area contributed by atoms with Crippen LogP contribution in [0, 0.1) is 18.6 Å². The van der Waals surface area contributed by atoms with E-state index in [1.54, 1.807) is 10.6 Å². The Bertz CT molecular complexity index is 1070. The largest absolute Gasteiger partial charge is 0.321 e. The molecule has 0 radical (unpaired) electrons. The number of fused-ring (bicyclic) bond motifs is 1. The molecule has 132 valence electrons. The van der Waals surface area contributed by atoms with Crippen molar-refractivity contribution in [2.75, 3.05) is 5.32 Å². The summed E-state index contributed by atoms with van der Waals surface area (Å²) < 4.78 is 29.0. The summed E-state index contributed by atoms with van der Waals surface area (Å²) in [5, 5.41) is 9.62. The summed E-state index contributed by atoms with van der Waals surface area (Å²) in [6.45, 7) is 3.66. The minimum absolute atomic E-state index is 0.0259. The second-order valence-corrected chi connectivity index (χ2v) is 5.81. The average Bonchev–Trinajstić information content (AvgIpc) is 3.21. The Morgan fingerprint density at radius 3 is 2.62 bits per heavy atom. The third-order valence-electron chi connectivity index (χ3n) is 3.89. The van der Waals surface area contributed by atoms with Gasteiger partial charge in [-0.2, -0.15) is 5.10 Å². The van der Waals surface area contributed by atoms with Crippen molar-refractivity contribution in [3.05, 3.63) is 54.0 Å². The predicted molar refractivity (Wildman–Crippen MR) is 89.9 cm³/mol. The number of rotatable bonds is 4. The Kier molecular flexibility index (Phi) is 3.79. The van der Waals surface area contributed by atoms with Gasteiger partial charge in [0.2, 0.25) is 0 Å². The fourth-order valence-corrected chi connectivity index (χ4v) is 2.57. The average molecular weight is 356 g/mol.